The summed E-state index contributed by atoms with van der Waals surface area (Å²) in [5.41, 5.74) is 1.46. The monoisotopic (exact) mass is 319 g/mol. The van der Waals surface area contributed by atoms with Crippen LogP contribution in [-0.2, 0) is 0 Å². The first kappa shape index (κ1) is 17.3. The van der Waals surface area contributed by atoms with Crippen molar-refractivity contribution in [2.24, 2.45) is 0 Å². The van der Waals surface area contributed by atoms with Gasteiger partial charge in [0.2, 0.25) is 0 Å². The van der Waals surface area contributed by atoms with Crippen LogP contribution in [0.5, 0.6) is 0 Å². The number of nitrogens with zero attached hydrogens (tertiary/aromatic N) is 2. The molecule has 1 heterocycles. The molecule has 0 atom stereocenters. The Morgan fingerprint density at radius 1 is 1.43 bits per heavy atom. The number of amides is 3. The van der Waals surface area contributed by atoms with Crippen molar-refractivity contribution >= 4 is 17.6 Å². The third-order valence-corrected chi connectivity index (χ3v) is 4.01. The third kappa shape index (κ3) is 4.22. The van der Waals surface area contributed by atoms with Gasteiger partial charge in [-0.15, -0.1) is 0 Å². The van der Waals surface area contributed by atoms with Crippen molar-refractivity contribution in [2.75, 3.05) is 31.6 Å². The summed E-state index contributed by atoms with van der Waals surface area (Å²) in [6.07, 6.45) is 0.502. The summed E-state index contributed by atoms with van der Waals surface area (Å²) in [4.78, 5) is 27.6. The maximum atomic E-state index is 12.5. The molecule has 1 aromatic rings. The first-order valence-corrected chi connectivity index (χ1v) is 7.83. The molecular weight excluding hydrogens is 294 g/mol. The Hall–Kier alpha value is -2.08. The second kappa shape index (κ2) is 6.58. The molecular formula is C17H25N3O3. The van der Waals surface area contributed by atoms with Gasteiger partial charge in [0.05, 0.1) is 5.60 Å². The maximum absolute atomic E-state index is 12.5. The molecule has 1 aromatic carbocycles. The van der Waals surface area contributed by atoms with Crippen molar-refractivity contribution in [2.45, 2.75) is 32.8 Å². The predicted molar refractivity (Wildman–Crippen MR) is 89.8 cm³/mol. The highest BCUT2D eigenvalue weighted by molar-refractivity contribution is 5.99. The molecule has 3 amide bonds. The molecule has 126 valence electrons. The first-order chi connectivity index (χ1) is 10.7. The largest absolute Gasteiger partial charge is 0.390 e. The topological polar surface area (TPSA) is 72.9 Å². The lowest BCUT2D eigenvalue weighted by atomic mass is 10.0. The molecule has 0 saturated carbocycles. The Morgan fingerprint density at radius 2 is 2.13 bits per heavy atom. The number of nitrogens with one attached hydrogen (secondary N) is 1. The molecule has 0 bridgehead atoms. The number of urea groups is 1. The number of carbonyl (C=O) groups is 2. The van der Waals surface area contributed by atoms with Gasteiger partial charge in [-0.1, -0.05) is 6.07 Å². The highest BCUT2D eigenvalue weighted by Crippen LogP contribution is 2.24. The van der Waals surface area contributed by atoms with Gasteiger partial charge in [0.15, 0.2) is 0 Å². The van der Waals surface area contributed by atoms with Crippen LogP contribution in [0.4, 0.5) is 10.5 Å². The molecule has 0 radical (unpaired) electrons. The first-order valence-electron chi connectivity index (χ1n) is 7.83. The molecule has 0 unspecified atom stereocenters. The fraction of sp³-hybridized carbons (Fsp3) is 0.529. The molecule has 2 N–H and O–H groups in total. The van der Waals surface area contributed by atoms with Crippen molar-refractivity contribution in [1.29, 1.82) is 0 Å². The number of benzene rings is 1. The van der Waals surface area contributed by atoms with Gasteiger partial charge in [0.25, 0.3) is 5.91 Å². The Bertz CT molecular complexity index is 608. The predicted octanol–water partition coefficient (Wildman–Crippen LogP) is 1.76. The van der Waals surface area contributed by atoms with Gasteiger partial charge in [0, 0.05) is 37.9 Å². The Balaban J connectivity index is 2.16. The molecule has 2 rings (SSSR count). The number of aryl methyl sites for hydroxylation is 1. The average Bonchev–Trinajstić information content (AvgIpc) is 2.90. The van der Waals surface area contributed by atoms with E-state index < -0.39 is 5.60 Å². The standard InChI is InChI=1S/C17H25N3O3/c1-12-5-6-13(11-14(12)20-10-8-18-16(20)22)15(21)19(4)9-7-17(2,3)23/h5-6,11,23H,7-10H2,1-4H3,(H,18,22). The molecule has 1 saturated heterocycles. The van der Waals surface area contributed by atoms with Gasteiger partial charge < -0.3 is 15.3 Å². The highest BCUT2D eigenvalue weighted by Gasteiger charge is 2.24. The van der Waals surface area contributed by atoms with E-state index in [-0.39, 0.29) is 11.9 Å². The summed E-state index contributed by atoms with van der Waals surface area (Å²) in [5, 5.41) is 12.6. The van der Waals surface area contributed by atoms with Crippen LogP contribution < -0.4 is 10.2 Å². The number of hydrogen-bond acceptors (Lipinski definition) is 3. The number of rotatable bonds is 5. The molecule has 23 heavy (non-hydrogen) atoms. The van der Waals surface area contributed by atoms with Crippen LogP contribution in [0.15, 0.2) is 18.2 Å². The Kier molecular flexibility index (Phi) is 4.94. The van der Waals surface area contributed by atoms with Crippen molar-refractivity contribution in [3.05, 3.63) is 29.3 Å². The fourth-order valence-electron chi connectivity index (χ4n) is 2.50. The SMILES string of the molecule is Cc1ccc(C(=O)N(C)CCC(C)(C)O)cc1N1CCNC1=O. The van der Waals surface area contributed by atoms with E-state index in [9.17, 15) is 14.7 Å². The molecule has 0 aromatic heterocycles. The normalized spacial score (nSPS) is 14.8. The summed E-state index contributed by atoms with van der Waals surface area (Å²) in [7, 11) is 1.72. The minimum absolute atomic E-state index is 0.116. The molecule has 0 spiro atoms. The zero-order chi connectivity index (χ0) is 17.2. The fourth-order valence-corrected chi connectivity index (χ4v) is 2.50. The van der Waals surface area contributed by atoms with Crippen LogP contribution in [0.3, 0.4) is 0 Å². The molecule has 0 aliphatic carbocycles. The van der Waals surface area contributed by atoms with Crippen molar-refractivity contribution in [3.63, 3.8) is 0 Å². The van der Waals surface area contributed by atoms with E-state index in [1.54, 1.807) is 42.8 Å². The number of hydrogen-bond donors (Lipinski definition) is 2. The van der Waals surface area contributed by atoms with Crippen LogP contribution in [0.2, 0.25) is 0 Å². The van der Waals surface area contributed by atoms with Gasteiger partial charge in [0.1, 0.15) is 0 Å². The van der Waals surface area contributed by atoms with Crippen molar-refractivity contribution in [1.82, 2.24) is 10.2 Å². The second-order valence-corrected chi connectivity index (χ2v) is 6.67. The van der Waals surface area contributed by atoms with Crippen LogP contribution >= 0.6 is 0 Å². The zero-order valence-corrected chi connectivity index (χ0v) is 14.2. The molecule has 6 nitrogen and oxygen atoms in total. The van der Waals surface area contributed by atoms with Gasteiger partial charge in [-0.3, -0.25) is 9.69 Å². The lowest BCUT2D eigenvalue weighted by Crippen LogP contribution is -2.33. The van der Waals surface area contributed by atoms with E-state index in [0.29, 0.717) is 31.6 Å². The van der Waals surface area contributed by atoms with Gasteiger partial charge >= 0.3 is 6.03 Å². The highest BCUT2D eigenvalue weighted by atomic mass is 16.3. The van der Waals surface area contributed by atoms with E-state index >= 15 is 0 Å². The smallest absolute Gasteiger partial charge is 0.322 e. The van der Waals surface area contributed by atoms with E-state index in [0.717, 1.165) is 11.3 Å². The number of aliphatic hydroxyl groups is 1. The third-order valence-electron chi connectivity index (χ3n) is 4.01. The molecule has 6 heteroatoms. The van der Waals surface area contributed by atoms with Gasteiger partial charge in [-0.25, -0.2) is 4.79 Å². The van der Waals surface area contributed by atoms with Crippen molar-refractivity contribution < 1.29 is 14.7 Å². The molecule has 1 aliphatic rings. The molecule has 1 fully saturated rings. The number of carbonyl (C=O) groups excluding carboxylic acids is 2. The summed E-state index contributed by atoms with van der Waals surface area (Å²) in [6.45, 7) is 7.05. The summed E-state index contributed by atoms with van der Waals surface area (Å²) in [5.74, 6) is -0.116. The summed E-state index contributed by atoms with van der Waals surface area (Å²) >= 11 is 0. The number of anilines is 1. The van der Waals surface area contributed by atoms with Crippen LogP contribution in [0, 0.1) is 6.92 Å². The maximum Gasteiger partial charge on any atom is 0.322 e. The van der Waals surface area contributed by atoms with Gasteiger partial charge in [-0.05, 0) is 44.9 Å². The second-order valence-electron chi connectivity index (χ2n) is 6.67. The van der Waals surface area contributed by atoms with Crippen molar-refractivity contribution in [3.8, 4) is 0 Å². The average molecular weight is 319 g/mol. The Morgan fingerprint density at radius 3 is 2.70 bits per heavy atom. The van der Waals surface area contributed by atoms with E-state index in [2.05, 4.69) is 5.32 Å². The van der Waals surface area contributed by atoms with Crippen LogP contribution in [-0.4, -0.2) is 54.2 Å². The lowest BCUT2D eigenvalue weighted by Gasteiger charge is -2.24. The molecule has 1 aliphatic heterocycles. The lowest BCUT2D eigenvalue weighted by molar-refractivity contribution is 0.0544. The quantitative estimate of drug-likeness (QED) is 0.868. The minimum atomic E-state index is -0.805. The summed E-state index contributed by atoms with van der Waals surface area (Å²) in [6, 6.07) is 5.27. The van der Waals surface area contributed by atoms with E-state index in [1.807, 2.05) is 13.0 Å². The van der Waals surface area contributed by atoms with Gasteiger partial charge in [-0.2, -0.15) is 0 Å². The van der Waals surface area contributed by atoms with E-state index in [1.165, 1.54) is 0 Å². The summed E-state index contributed by atoms with van der Waals surface area (Å²) < 4.78 is 0. The zero-order valence-electron chi connectivity index (χ0n) is 14.2. The minimum Gasteiger partial charge on any atom is -0.390 e. The van der Waals surface area contributed by atoms with Crippen LogP contribution in [0.25, 0.3) is 0 Å². The van der Waals surface area contributed by atoms with E-state index in [4.69, 9.17) is 0 Å². The van der Waals surface area contributed by atoms with Crippen LogP contribution in [0.1, 0.15) is 36.2 Å². The Labute approximate surface area is 137 Å².